The number of methoxy groups -OCH3 is 1. The van der Waals surface area contributed by atoms with Gasteiger partial charge in [-0.25, -0.2) is 0 Å². The maximum absolute atomic E-state index is 10.4. The Morgan fingerprint density at radius 1 is 1.21 bits per heavy atom. The summed E-state index contributed by atoms with van der Waals surface area (Å²) in [5, 5.41) is 13.9. The molecule has 108 valence electrons. The largest absolute Gasteiger partial charge is 0.497 e. The number of aliphatic hydroxyl groups excluding tert-OH is 1. The van der Waals surface area contributed by atoms with Gasteiger partial charge in [-0.05, 0) is 43.0 Å². The van der Waals surface area contributed by atoms with Crippen LogP contribution in [0.4, 0.5) is 0 Å². The second-order valence-electron chi connectivity index (χ2n) is 5.37. The molecule has 0 aromatic heterocycles. The van der Waals surface area contributed by atoms with Crippen LogP contribution in [0.1, 0.15) is 45.3 Å². The lowest BCUT2D eigenvalue weighted by atomic mass is 9.99. The van der Waals surface area contributed by atoms with Crippen LogP contribution < -0.4 is 10.1 Å². The minimum absolute atomic E-state index is 0.104. The van der Waals surface area contributed by atoms with Crippen molar-refractivity contribution in [3.05, 3.63) is 29.8 Å². The summed E-state index contributed by atoms with van der Waals surface area (Å²) in [7, 11) is 1.65. The molecule has 0 amide bonds. The molecule has 0 heterocycles. The maximum atomic E-state index is 10.4. The Labute approximate surface area is 117 Å². The summed E-state index contributed by atoms with van der Waals surface area (Å²) in [6.45, 7) is 7.47. The van der Waals surface area contributed by atoms with Gasteiger partial charge in [-0.1, -0.05) is 32.9 Å². The third kappa shape index (κ3) is 5.21. The molecule has 1 rings (SSSR count). The molecule has 3 heteroatoms. The fourth-order valence-electron chi connectivity index (χ4n) is 2.07. The summed E-state index contributed by atoms with van der Waals surface area (Å²) in [5.74, 6) is 1.50. The van der Waals surface area contributed by atoms with Gasteiger partial charge in [0.05, 0.1) is 13.2 Å². The van der Waals surface area contributed by atoms with Crippen molar-refractivity contribution >= 4 is 0 Å². The van der Waals surface area contributed by atoms with Crippen molar-refractivity contribution in [3.63, 3.8) is 0 Å². The van der Waals surface area contributed by atoms with Gasteiger partial charge in [0, 0.05) is 6.04 Å². The molecule has 19 heavy (non-hydrogen) atoms. The highest BCUT2D eigenvalue weighted by molar-refractivity contribution is 5.29. The van der Waals surface area contributed by atoms with E-state index in [4.69, 9.17) is 4.74 Å². The fourth-order valence-corrected chi connectivity index (χ4v) is 2.07. The van der Waals surface area contributed by atoms with Gasteiger partial charge >= 0.3 is 0 Å². The van der Waals surface area contributed by atoms with E-state index in [1.165, 1.54) is 0 Å². The Kier molecular flexibility index (Phi) is 6.89. The van der Waals surface area contributed by atoms with Crippen molar-refractivity contribution in [1.82, 2.24) is 5.32 Å². The topological polar surface area (TPSA) is 41.5 Å². The zero-order valence-corrected chi connectivity index (χ0v) is 12.5. The van der Waals surface area contributed by atoms with E-state index in [2.05, 4.69) is 26.1 Å². The average molecular weight is 265 g/mol. The predicted octanol–water partition coefficient (Wildman–Crippen LogP) is 3.14. The van der Waals surface area contributed by atoms with Crippen molar-refractivity contribution in [3.8, 4) is 5.75 Å². The Morgan fingerprint density at radius 2 is 1.84 bits per heavy atom. The zero-order chi connectivity index (χ0) is 14.3. The molecular weight excluding hydrogens is 238 g/mol. The van der Waals surface area contributed by atoms with Crippen molar-refractivity contribution in [2.24, 2.45) is 5.92 Å². The third-order valence-electron chi connectivity index (χ3n) is 3.41. The van der Waals surface area contributed by atoms with Crippen LogP contribution in [-0.2, 0) is 0 Å². The molecule has 0 aliphatic carbocycles. The number of hydrogen-bond acceptors (Lipinski definition) is 3. The van der Waals surface area contributed by atoms with Crippen LogP contribution in [0.25, 0.3) is 0 Å². The summed E-state index contributed by atoms with van der Waals surface area (Å²) in [4.78, 5) is 0. The first kappa shape index (κ1) is 16.0. The Hall–Kier alpha value is -1.06. The van der Waals surface area contributed by atoms with Gasteiger partial charge in [-0.2, -0.15) is 0 Å². The summed E-state index contributed by atoms with van der Waals surface area (Å²) in [5.41, 5.74) is 0.935. The quantitative estimate of drug-likeness (QED) is 0.758. The van der Waals surface area contributed by atoms with Crippen molar-refractivity contribution < 1.29 is 9.84 Å². The van der Waals surface area contributed by atoms with Gasteiger partial charge in [-0.3, -0.25) is 0 Å². The van der Waals surface area contributed by atoms with Crippen LogP contribution >= 0.6 is 0 Å². The van der Waals surface area contributed by atoms with Gasteiger partial charge in [0.2, 0.25) is 0 Å². The summed E-state index contributed by atoms with van der Waals surface area (Å²) in [6.07, 6.45) is 1.57. The summed E-state index contributed by atoms with van der Waals surface area (Å²) < 4.78 is 5.13. The number of nitrogens with one attached hydrogen (secondary N) is 1. The highest BCUT2D eigenvalue weighted by Gasteiger charge is 2.18. The van der Waals surface area contributed by atoms with E-state index in [9.17, 15) is 5.11 Å². The van der Waals surface area contributed by atoms with Crippen LogP contribution in [-0.4, -0.2) is 24.8 Å². The molecule has 3 nitrogen and oxygen atoms in total. The molecule has 0 saturated carbocycles. The van der Waals surface area contributed by atoms with Gasteiger partial charge in [0.1, 0.15) is 5.75 Å². The Balaban J connectivity index is 2.58. The second-order valence-corrected chi connectivity index (χ2v) is 5.37. The molecule has 0 bridgehead atoms. The number of hydrogen-bond donors (Lipinski definition) is 2. The van der Waals surface area contributed by atoms with Crippen LogP contribution in [0.15, 0.2) is 24.3 Å². The van der Waals surface area contributed by atoms with E-state index < -0.39 is 6.10 Å². The second kappa shape index (κ2) is 8.18. The number of rotatable bonds is 8. The minimum Gasteiger partial charge on any atom is -0.497 e. The third-order valence-corrected chi connectivity index (χ3v) is 3.41. The smallest absolute Gasteiger partial charge is 0.118 e. The lowest BCUT2D eigenvalue weighted by Gasteiger charge is -2.24. The molecule has 0 aliphatic heterocycles. The first-order chi connectivity index (χ1) is 9.08. The Morgan fingerprint density at radius 3 is 2.32 bits per heavy atom. The summed E-state index contributed by atoms with van der Waals surface area (Å²) >= 11 is 0. The van der Waals surface area contributed by atoms with E-state index in [-0.39, 0.29) is 6.04 Å². The fraction of sp³-hybridized carbons (Fsp3) is 0.625. The number of aliphatic hydroxyl groups is 1. The van der Waals surface area contributed by atoms with Gasteiger partial charge in [0.15, 0.2) is 0 Å². The van der Waals surface area contributed by atoms with Crippen LogP contribution in [0.5, 0.6) is 5.75 Å². The standard InChI is InChI=1S/C16H27NO2/c1-5-15(17-11-10-12(2)3)16(18)13-6-8-14(19-4)9-7-13/h6-9,12,15-18H,5,10-11H2,1-4H3. The molecule has 0 aliphatic rings. The number of ether oxygens (including phenoxy) is 1. The predicted molar refractivity (Wildman–Crippen MR) is 79.5 cm³/mol. The van der Waals surface area contributed by atoms with E-state index in [0.717, 1.165) is 30.7 Å². The lowest BCUT2D eigenvalue weighted by molar-refractivity contribution is 0.125. The monoisotopic (exact) mass is 265 g/mol. The molecule has 0 fully saturated rings. The normalized spacial score (nSPS) is 14.4. The minimum atomic E-state index is -0.469. The van der Waals surface area contributed by atoms with E-state index >= 15 is 0 Å². The molecule has 2 atom stereocenters. The lowest BCUT2D eigenvalue weighted by Crippen LogP contribution is -2.35. The summed E-state index contributed by atoms with van der Waals surface area (Å²) in [6, 6.07) is 7.73. The highest BCUT2D eigenvalue weighted by atomic mass is 16.5. The molecule has 0 radical (unpaired) electrons. The first-order valence-corrected chi connectivity index (χ1v) is 7.13. The molecular formula is C16H27NO2. The maximum Gasteiger partial charge on any atom is 0.118 e. The van der Waals surface area contributed by atoms with Gasteiger partial charge in [-0.15, -0.1) is 0 Å². The van der Waals surface area contributed by atoms with Crippen LogP contribution in [0, 0.1) is 5.92 Å². The van der Waals surface area contributed by atoms with E-state index in [1.807, 2.05) is 24.3 Å². The van der Waals surface area contributed by atoms with Gasteiger partial charge in [0.25, 0.3) is 0 Å². The first-order valence-electron chi connectivity index (χ1n) is 7.13. The van der Waals surface area contributed by atoms with E-state index in [1.54, 1.807) is 7.11 Å². The molecule has 0 saturated heterocycles. The van der Waals surface area contributed by atoms with Crippen molar-refractivity contribution in [2.45, 2.75) is 45.8 Å². The van der Waals surface area contributed by atoms with Crippen LogP contribution in [0.2, 0.25) is 0 Å². The Bertz CT molecular complexity index is 348. The SMILES string of the molecule is CCC(NCCC(C)C)C(O)c1ccc(OC)cc1. The molecule has 2 unspecified atom stereocenters. The van der Waals surface area contributed by atoms with E-state index in [0.29, 0.717) is 5.92 Å². The van der Waals surface area contributed by atoms with Gasteiger partial charge < -0.3 is 15.2 Å². The molecule has 1 aromatic rings. The van der Waals surface area contributed by atoms with Crippen molar-refractivity contribution in [1.29, 1.82) is 0 Å². The molecule has 2 N–H and O–H groups in total. The van der Waals surface area contributed by atoms with Crippen LogP contribution in [0.3, 0.4) is 0 Å². The average Bonchev–Trinajstić information content (AvgIpc) is 2.43. The van der Waals surface area contributed by atoms with Crippen molar-refractivity contribution in [2.75, 3.05) is 13.7 Å². The zero-order valence-electron chi connectivity index (χ0n) is 12.5. The number of benzene rings is 1. The highest BCUT2D eigenvalue weighted by Crippen LogP contribution is 2.21. The molecule has 1 aromatic carbocycles. The molecule has 0 spiro atoms.